The minimum atomic E-state index is -0.0872. The van der Waals surface area contributed by atoms with Crippen LogP contribution in [0.1, 0.15) is 24.8 Å². The molecule has 154 valence electrons. The summed E-state index contributed by atoms with van der Waals surface area (Å²) in [5.74, 6) is -0.120. The highest BCUT2D eigenvalue weighted by Gasteiger charge is 2.30. The van der Waals surface area contributed by atoms with E-state index >= 15 is 0 Å². The van der Waals surface area contributed by atoms with Crippen LogP contribution in [0.2, 0.25) is 0 Å². The van der Waals surface area contributed by atoms with Gasteiger partial charge in [0.1, 0.15) is 5.51 Å². The summed E-state index contributed by atoms with van der Waals surface area (Å²) in [5, 5.41) is 14.1. The van der Waals surface area contributed by atoms with Gasteiger partial charge < -0.3 is 15.5 Å². The molecule has 4 rings (SSSR count). The van der Waals surface area contributed by atoms with Crippen LogP contribution in [0.4, 0.5) is 9.93 Å². The number of carbonyl (C=O) groups is 2. The van der Waals surface area contributed by atoms with Crippen LogP contribution >= 0.6 is 11.3 Å². The summed E-state index contributed by atoms with van der Waals surface area (Å²) in [7, 11) is 0. The van der Waals surface area contributed by atoms with Gasteiger partial charge in [-0.3, -0.25) is 9.69 Å². The van der Waals surface area contributed by atoms with Crippen molar-refractivity contribution in [3.63, 3.8) is 0 Å². The Morgan fingerprint density at radius 2 is 1.90 bits per heavy atom. The minimum absolute atomic E-state index is 0.0143. The Morgan fingerprint density at radius 1 is 1.10 bits per heavy atom. The molecule has 2 N–H and O–H groups in total. The third-order valence-electron chi connectivity index (χ3n) is 5.59. The quantitative estimate of drug-likeness (QED) is 0.783. The van der Waals surface area contributed by atoms with Gasteiger partial charge in [-0.1, -0.05) is 41.7 Å². The van der Waals surface area contributed by atoms with Gasteiger partial charge in [0.2, 0.25) is 11.0 Å². The summed E-state index contributed by atoms with van der Waals surface area (Å²) in [5.41, 5.74) is 2.89. The molecular weight excluding hydrogens is 388 g/mol. The van der Waals surface area contributed by atoms with Gasteiger partial charge in [-0.2, -0.15) is 0 Å². The fourth-order valence-electron chi connectivity index (χ4n) is 3.98. The van der Waals surface area contributed by atoms with Gasteiger partial charge in [0.15, 0.2) is 0 Å². The summed E-state index contributed by atoms with van der Waals surface area (Å²) in [6.45, 7) is 3.98. The van der Waals surface area contributed by atoms with Gasteiger partial charge in [0.25, 0.3) is 0 Å². The second-order valence-electron chi connectivity index (χ2n) is 7.65. The average Bonchev–Trinajstić information content (AvgIpc) is 3.41. The molecule has 2 aromatic rings. The monoisotopic (exact) mass is 414 g/mol. The van der Waals surface area contributed by atoms with Crippen molar-refractivity contribution in [3.8, 4) is 0 Å². The van der Waals surface area contributed by atoms with Crippen LogP contribution in [0.25, 0.3) is 0 Å². The third kappa shape index (κ3) is 5.30. The second kappa shape index (κ2) is 9.32. The molecule has 8 nitrogen and oxygen atoms in total. The number of amides is 3. The number of urea groups is 1. The number of benzene rings is 1. The molecule has 1 atom stereocenters. The normalized spacial score (nSPS) is 20.6. The number of anilines is 1. The first kappa shape index (κ1) is 19.8. The van der Waals surface area contributed by atoms with E-state index in [2.05, 4.69) is 50.0 Å². The zero-order valence-corrected chi connectivity index (χ0v) is 17.1. The molecule has 2 aliphatic heterocycles. The number of aromatic nitrogens is 2. The van der Waals surface area contributed by atoms with Gasteiger partial charge in [0, 0.05) is 44.7 Å². The van der Waals surface area contributed by atoms with Gasteiger partial charge >= 0.3 is 6.03 Å². The maximum Gasteiger partial charge on any atom is 0.317 e. The van der Waals surface area contributed by atoms with Gasteiger partial charge in [-0.05, 0) is 24.8 Å². The van der Waals surface area contributed by atoms with Crippen LogP contribution in [-0.4, -0.2) is 64.2 Å². The number of piperidine rings is 1. The van der Waals surface area contributed by atoms with E-state index in [1.807, 2.05) is 11.0 Å². The van der Waals surface area contributed by atoms with Crippen LogP contribution < -0.4 is 10.6 Å². The van der Waals surface area contributed by atoms with Crippen molar-refractivity contribution in [2.24, 2.45) is 5.92 Å². The Morgan fingerprint density at radius 3 is 2.62 bits per heavy atom. The number of hydrogen-bond acceptors (Lipinski definition) is 6. The van der Waals surface area contributed by atoms with Crippen LogP contribution in [0.15, 0.2) is 35.8 Å². The van der Waals surface area contributed by atoms with E-state index in [0.29, 0.717) is 31.1 Å². The Labute approximate surface area is 174 Å². The molecule has 3 heterocycles. The highest BCUT2D eigenvalue weighted by molar-refractivity contribution is 7.13. The molecule has 0 saturated carbocycles. The van der Waals surface area contributed by atoms with E-state index < -0.39 is 0 Å². The zero-order chi connectivity index (χ0) is 20.1. The Bertz CT molecular complexity index is 808. The lowest BCUT2D eigenvalue weighted by Crippen LogP contribution is -2.49. The van der Waals surface area contributed by atoms with E-state index in [-0.39, 0.29) is 23.9 Å². The Hall–Kier alpha value is -2.52. The van der Waals surface area contributed by atoms with Gasteiger partial charge in [-0.25, -0.2) is 4.79 Å². The molecule has 0 spiro atoms. The fourth-order valence-corrected chi connectivity index (χ4v) is 4.43. The van der Waals surface area contributed by atoms with E-state index in [4.69, 9.17) is 0 Å². The van der Waals surface area contributed by atoms with E-state index in [0.717, 1.165) is 26.1 Å². The molecule has 29 heavy (non-hydrogen) atoms. The van der Waals surface area contributed by atoms with Crippen molar-refractivity contribution in [2.75, 3.05) is 31.5 Å². The van der Waals surface area contributed by atoms with E-state index in [1.165, 1.54) is 16.9 Å². The maximum absolute atomic E-state index is 12.6. The lowest BCUT2D eigenvalue weighted by atomic mass is 9.96. The van der Waals surface area contributed by atoms with Crippen molar-refractivity contribution >= 4 is 28.4 Å². The van der Waals surface area contributed by atoms with Gasteiger partial charge in [-0.15, -0.1) is 10.2 Å². The highest BCUT2D eigenvalue weighted by Crippen LogP contribution is 2.21. The molecule has 1 aromatic heterocycles. The highest BCUT2D eigenvalue weighted by atomic mass is 32.1. The number of carbonyl (C=O) groups excluding carboxylic acids is 2. The lowest BCUT2D eigenvalue weighted by molar-refractivity contribution is -0.121. The van der Waals surface area contributed by atoms with Crippen LogP contribution in [0.3, 0.4) is 0 Å². The summed E-state index contributed by atoms with van der Waals surface area (Å²) < 4.78 is 0. The maximum atomic E-state index is 12.6. The minimum Gasteiger partial charge on any atom is -0.334 e. The summed E-state index contributed by atoms with van der Waals surface area (Å²) in [6, 6.07) is 10.6. The molecule has 2 saturated heterocycles. The molecule has 3 amide bonds. The molecule has 2 aliphatic rings. The first-order valence-electron chi connectivity index (χ1n) is 10.1. The number of nitrogens with zero attached hydrogens (tertiary/aromatic N) is 4. The first-order chi connectivity index (χ1) is 14.2. The molecule has 2 fully saturated rings. The predicted molar refractivity (Wildman–Crippen MR) is 111 cm³/mol. The van der Waals surface area contributed by atoms with Crippen LogP contribution in [0.5, 0.6) is 0 Å². The van der Waals surface area contributed by atoms with Crippen molar-refractivity contribution in [1.82, 2.24) is 25.3 Å². The summed E-state index contributed by atoms with van der Waals surface area (Å²) in [4.78, 5) is 29.1. The molecule has 0 bridgehead atoms. The third-order valence-corrected chi connectivity index (χ3v) is 6.20. The molecule has 1 aromatic carbocycles. The number of rotatable bonds is 5. The standard InChI is InChI=1S/C20H26N6O2S/c27-18(23-19-24-21-14-29-19)16-6-10-26(11-7-16)20(28)22-17-8-9-25(13-17)12-15-4-2-1-3-5-15/h1-5,14,16-17H,6-13H2,(H,22,28)(H,23,24,27). The molecule has 0 radical (unpaired) electrons. The van der Waals surface area contributed by atoms with E-state index in [9.17, 15) is 9.59 Å². The first-order valence-corrected chi connectivity index (χ1v) is 10.9. The smallest absolute Gasteiger partial charge is 0.317 e. The lowest BCUT2D eigenvalue weighted by Gasteiger charge is -2.32. The SMILES string of the molecule is O=C(Nc1nncs1)C1CCN(C(=O)NC2CCN(Cc3ccccc3)C2)CC1. The van der Waals surface area contributed by atoms with Crippen LogP contribution in [0, 0.1) is 5.92 Å². The summed E-state index contributed by atoms with van der Waals surface area (Å²) >= 11 is 1.31. The predicted octanol–water partition coefficient (Wildman–Crippen LogP) is 2.17. The van der Waals surface area contributed by atoms with Crippen LogP contribution in [-0.2, 0) is 11.3 Å². The molecular formula is C20H26N6O2S. The average molecular weight is 415 g/mol. The topological polar surface area (TPSA) is 90.5 Å². The van der Waals surface area contributed by atoms with E-state index in [1.54, 1.807) is 5.51 Å². The van der Waals surface area contributed by atoms with Crippen molar-refractivity contribution < 1.29 is 9.59 Å². The largest absolute Gasteiger partial charge is 0.334 e. The summed E-state index contributed by atoms with van der Waals surface area (Å²) in [6.07, 6.45) is 2.31. The number of likely N-dealkylation sites (tertiary alicyclic amines) is 2. The van der Waals surface area contributed by atoms with Gasteiger partial charge in [0.05, 0.1) is 0 Å². The molecule has 1 unspecified atom stereocenters. The number of hydrogen-bond donors (Lipinski definition) is 2. The second-order valence-corrected chi connectivity index (χ2v) is 8.48. The zero-order valence-electron chi connectivity index (χ0n) is 16.3. The Balaban J connectivity index is 1.19. The number of nitrogens with one attached hydrogen (secondary N) is 2. The van der Waals surface area contributed by atoms with Crippen molar-refractivity contribution in [3.05, 3.63) is 41.4 Å². The Kier molecular flexibility index (Phi) is 6.36. The molecule has 9 heteroatoms. The van der Waals surface area contributed by atoms with Crippen molar-refractivity contribution in [2.45, 2.75) is 31.8 Å². The fraction of sp³-hybridized carbons (Fsp3) is 0.500. The molecule has 0 aliphatic carbocycles. The van der Waals surface area contributed by atoms with Crippen molar-refractivity contribution in [1.29, 1.82) is 0 Å².